The lowest BCUT2D eigenvalue weighted by molar-refractivity contribution is -0.117. The predicted octanol–water partition coefficient (Wildman–Crippen LogP) is 3.64. The highest BCUT2D eigenvalue weighted by Crippen LogP contribution is 2.20. The molecule has 0 aliphatic carbocycles. The van der Waals surface area contributed by atoms with Gasteiger partial charge in [0.2, 0.25) is 5.91 Å². The zero-order valence-corrected chi connectivity index (χ0v) is 14.7. The van der Waals surface area contributed by atoms with E-state index in [9.17, 15) is 9.59 Å². The summed E-state index contributed by atoms with van der Waals surface area (Å²) in [6.07, 6.45) is 0. The first-order chi connectivity index (χ1) is 11.4. The van der Waals surface area contributed by atoms with Gasteiger partial charge in [-0.1, -0.05) is 17.7 Å². The number of thioether (sulfide) groups is 1. The van der Waals surface area contributed by atoms with Gasteiger partial charge in [0.1, 0.15) is 0 Å². The van der Waals surface area contributed by atoms with Crippen LogP contribution >= 0.6 is 35.6 Å². The molecule has 0 bridgehead atoms. The molecule has 0 fully saturated rings. The predicted molar refractivity (Wildman–Crippen MR) is 99.9 cm³/mol. The van der Waals surface area contributed by atoms with Gasteiger partial charge in [-0.25, -0.2) is 4.79 Å². The van der Waals surface area contributed by atoms with Crippen molar-refractivity contribution in [1.29, 1.82) is 0 Å². The van der Waals surface area contributed by atoms with Gasteiger partial charge in [0.15, 0.2) is 5.11 Å². The minimum atomic E-state index is -1.03. The van der Waals surface area contributed by atoms with Gasteiger partial charge < -0.3 is 15.7 Å². The lowest BCUT2D eigenvalue weighted by Gasteiger charge is -2.10. The molecule has 0 heterocycles. The van der Waals surface area contributed by atoms with E-state index in [1.807, 2.05) is 12.1 Å². The van der Waals surface area contributed by atoms with Gasteiger partial charge in [-0.05, 0) is 54.7 Å². The fourth-order valence-corrected chi connectivity index (χ4v) is 2.79. The van der Waals surface area contributed by atoms with Crippen LogP contribution in [0.3, 0.4) is 0 Å². The van der Waals surface area contributed by atoms with E-state index in [1.54, 1.807) is 24.3 Å². The van der Waals surface area contributed by atoms with E-state index in [1.165, 1.54) is 23.9 Å². The zero-order valence-electron chi connectivity index (χ0n) is 12.3. The molecule has 1 amide bonds. The van der Waals surface area contributed by atoms with Crippen LogP contribution in [0.25, 0.3) is 0 Å². The minimum absolute atomic E-state index is 0.110. The molecule has 0 aliphatic heterocycles. The molecule has 124 valence electrons. The third-order valence-electron chi connectivity index (χ3n) is 2.80. The summed E-state index contributed by atoms with van der Waals surface area (Å²) in [6.45, 7) is 0. The first-order valence-electron chi connectivity index (χ1n) is 6.76. The second-order valence-electron chi connectivity index (χ2n) is 4.63. The van der Waals surface area contributed by atoms with Gasteiger partial charge >= 0.3 is 5.97 Å². The molecule has 5 nitrogen and oxygen atoms in total. The van der Waals surface area contributed by atoms with Crippen molar-refractivity contribution >= 4 is 58.3 Å². The Morgan fingerprint density at radius 2 is 1.88 bits per heavy atom. The fourth-order valence-electron chi connectivity index (χ4n) is 1.73. The van der Waals surface area contributed by atoms with E-state index in [4.69, 9.17) is 28.9 Å². The van der Waals surface area contributed by atoms with E-state index >= 15 is 0 Å². The number of aromatic carboxylic acids is 1. The summed E-state index contributed by atoms with van der Waals surface area (Å²) >= 11 is 12.2. The number of carbonyl (C=O) groups is 2. The Bertz CT molecular complexity index is 766. The second-order valence-corrected chi connectivity index (χ2v) is 6.52. The lowest BCUT2D eigenvalue weighted by atomic mass is 10.2. The number of amides is 1. The number of halogens is 1. The third kappa shape index (κ3) is 5.84. The van der Waals surface area contributed by atoms with Crippen LogP contribution in [-0.2, 0) is 4.79 Å². The summed E-state index contributed by atoms with van der Waals surface area (Å²) in [7, 11) is 0. The summed E-state index contributed by atoms with van der Waals surface area (Å²) in [5, 5.41) is 15.0. The number of carbonyl (C=O) groups excluding carboxylic acids is 1. The van der Waals surface area contributed by atoms with Crippen LogP contribution in [0, 0.1) is 0 Å². The first kappa shape index (κ1) is 18.3. The largest absolute Gasteiger partial charge is 0.478 e. The van der Waals surface area contributed by atoms with Crippen LogP contribution in [0.1, 0.15) is 10.4 Å². The molecule has 24 heavy (non-hydrogen) atoms. The maximum atomic E-state index is 11.9. The van der Waals surface area contributed by atoms with E-state index in [0.29, 0.717) is 10.7 Å². The number of hydrogen-bond donors (Lipinski definition) is 3. The number of thiocarbonyl (C=S) groups is 1. The summed E-state index contributed by atoms with van der Waals surface area (Å²) in [5.74, 6) is -1.10. The average molecular weight is 381 g/mol. The molecule has 0 saturated carbocycles. The van der Waals surface area contributed by atoms with Crippen molar-refractivity contribution in [2.45, 2.75) is 4.90 Å². The number of benzene rings is 2. The lowest BCUT2D eigenvalue weighted by Crippen LogP contribution is -2.35. The number of carboxylic acid groups (broad SMARTS) is 1. The summed E-state index contributed by atoms with van der Waals surface area (Å²) in [6, 6.07) is 13.3. The van der Waals surface area contributed by atoms with Crippen LogP contribution in [0.15, 0.2) is 53.4 Å². The van der Waals surface area contributed by atoms with Gasteiger partial charge in [-0.3, -0.25) is 4.79 Å². The Morgan fingerprint density at radius 1 is 1.17 bits per heavy atom. The standard InChI is InChI=1S/C16H13ClN2O3S2/c17-11-4-6-13(7-5-11)24-9-14(20)19-16(23)18-12-3-1-2-10(8-12)15(21)22/h1-8H,9H2,(H,21,22)(H2,18,19,20,23). The van der Waals surface area contributed by atoms with Crippen molar-refractivity contribution in [1.82, 2.24) is 5.32 Å². The second kappa shape index (κ2) is 8.68. The monoisotopic (exact) mass is 380 g/mol. The molecule has 0 atom stereocenters. The smallest absolute Gasteiger partial charge is 0.335 e. The molecular weight excluding hydrogens is 368 g/mol. The molecule has 0 unspecified atom stereocenters. The van der Waals surface area contributed by atoms with Crippen molar-refractivity contribution in [2.75, 3.05) is 11.1 Å². The van der Waals surface area contributed by atoms with Crippen molar-refractivity contribution in [3.8, 4) is 0 Å². The number of nitrogens with one attached hydrogen (secondary N) is 2. The maximum Gasteiger partial charge on any atom is 0.335 e. The molecule has 2 aromatic rings. The van der Waals surface area contributed by atoms with E-state index in [-0.39, 0.29) is 22.3 Å². The Labute approximate surface area is 153 Å². The molecule has 0 saturated heterocycles. The van der Waals surface area contributed by atoms with Gasteiger partial charge in [0.25, 0.3) is 0 Å². The van der Waals surface area contributed by atoms with Gasteiger partial charge in [0, 0.05) is 15.6 Å². The Hall–Kier alpha value is -2.09. The SMILES string of the molecule is O=C(CSc1ccc(Cl)cc1)NC(=S)Nc1cccc(C(=O)O)c1. The zero-order chi connectivity index (χ0) is 17.5. The Kier molecular flexibility index (Phi) is 6.60. The third-order valence-corrected chi connectivity index (χ3v) is 4.27. The molecule has 3 N–H and O–H groups in total. The van der Waals surface area contributed by atoms with Crippen molar-refractivity contribution in [3.63, 3.8) is 0 Å². The number of rotatable bonds is 5. The molecule has 0 aromatic heterocycles. The quantitative estimate of drug-likeness (QED) is 0.543. The highest BCUT2D eigenvalue weighted by molar-refractivity contribution is 8.00. The van der Waals surface area contributed by atoms with Crippen LogP contribution < -0.4 is 10.6 Å². The highest BCUT2D eigenvalue weighted by Gasteiger charge is 2.08. The molecular formula is C16H13ClN2O3S2. The van der Waals surface area contributed by atoms with E-state index in [0.717, 1.165) is 4.90 Å². The Balaban J connectivity index is 1.83. The Morgan fingerprint density at radius 3 is 2.54 bits per heavy atom. The topological polar surface area (TPSA) is 78.4 Å². The van der Waals surface area contributed by atoms with Crippen LogP contribution in [-0.4, -0.2) is 27.8 Å². The van der Waals surface area contributed by atoms with Gasteiger partial charge in [-0.15, -0.1) is 11.8 Å². The molecule has 2 rings (SSSR count). The summed E-state index contributed by atoms with van der Waals surface area (Å²) in [4.78, 5) is 23.7. The van der Waals surface area contributed by atoms with Crippen LogP contribution in [0.2, 0.25) is 5.02 Å². The highest BCUT2D eigenvalue weighted by atomic mass is 35.5. The normalized spacial score (nSPS) is 10.0. The summed E-state index contributed by atoms with van der Waals surface area (Å²) in [5.41, 5.74) is 0.623. The number of carboxylic acids is 1. The first-order valence-corrected chi connectivity index (χ1v) is 8.54. The number of anilines is 1. The molecule has 0 spiro atoms. The number of hydrogen-bond acceptors (Lipinski definition) is 4. The van der Waals surface area contributed by atoms with E-state index in [2.05, 4.69) is 10.6 Å². The van der Waals surface area contributed by atoms with Crippen molar-refractivity contribution in [2.24, 2.45) is 0 Å². The fraction of sp³-hybridized carbons (Fsp3) is 0.0625. The summed E-state index contributed by atoms with van der Waals surface area (Å²) < 4.78 is 0. The van der Waals surface area contributed by atoms with Gasteiger partial charge in [-0.2, -0.15) is 0 Å². The molecule has 0 aliphatic rings. The minimum Gasteiger partial charge on any atom is -0.478 e. The van der Waals surface area contributed by atoms with Crippen molar-refractivity contribution in [3.05, 3.63) is 59.1 Å². The molecule has 8 heteroatoms. The van der Waals surface area contributed by atoms with E-state index < -0.39 is 5.97 Å². The van der Waals surface area contributed by atoms with Crippen LogP contribution in [0.4, 0.5) is 5.69 Å². The van der Waals surface area contributed by atoms with Gasteiger partial charge in [0.05, 0.1) is 11.3 Å². The molecule has 0 radical (unpaired) electrons. The average Bonchev–Trinajstić information content (AvgIpc) is 2.54. The van der Waals surface area contributed by atoms with Crippen molar-refractivity contribution < 1.29 is 14.7 Å². The molecule has 2 aromatic carbocycles. The maximum absolute atomic E-state index is 11.9. The van der Waals surface area contributed by atoms with Crippen LogP contribution in [0.5, 0.6) is 0 Å².